The van der Waals surface area contributed by atoms with E-state index in [4.69, 9.17) is 4.55 Å². The molecule has 13 heavy (non-hydrogen) atoms. The molecule has 1 atom stereocenters. The summed E-state index contributed by atoms with van der Waals surface area (Å²) in [7, 11) is 1.53. The second kappa shape index (κ2) is 4.15. The normalized spacial score (nSPS) is 12.2. The third-order valence-corrected chi connectivity index (χ3v) is 2.22. The zero-order chi connectivity index (χ0) is 9.84. The Morgan fingerprint density at radius 2 is 1.92 bits per heavy atom. The van der Waals surface area contributed by atoms with Crippen LogP contribution in [0.4, 0.5) is 0 Å². The molecule has 1 unspecified atom stereocenters. The second-order valence-corrected chi connectivity index (χ2v) is 3.32. The first kappa shape index (κ1) is 9.88. The average Bonchev–Trinajstić information content (AvgIpc) is 2.17. The van der Waals surface area contributed by atoms with Gasteiger partial charge in [-0.05, 0) is 24.3 Å². The summed E-state index contributed by atoms with van der Waals surface area (Å²) in [4.78, 5) is 11.3. The maximum Gasteiger partial charge on any atom is 0.251 e. The van der Waals surface area contributed by atoms with E-state index in [1.165, 1.54) is 31.3 Å². The Balaban J connectivity index is 2.93. The fourth-order valence-corrected chi connectivity index (χ4v) is 1.24. The molecular weight excluding hydrogens is 190 g/mol. The van der Waals surface area contributed by atoms with Crippen molar-refractivity contribution >= 4 is 17.0 Å². The van der Waals surface area contributed by atoms with E-state index in [0.29, 0.717) is 5.56 Å². The zero-order valence-electron chi connectivity index (χ0n) is 6.98. The van der Waals surface area contributed by atoms with Crippen molar-refractivity contribution in [2.45, 2.75) is 4.90 Å². The van der Waals surface area contributed by atoms with Crippen LogP contribution >= 0.6 is 0 Å². The molecule has 1 aromatic carbocycles. The van der Waals surface area contributed by atoms with E-state index < -0.39 is 11.1 Å². The Hall–Kier alpha value is -1.20. The van der Waals surface area contributed by atoms with Crippen LogP contribution in [0.25, 0.3) is 0 Å². The average molecular weight is 199 g/mol. The van der Waals surface area contributed by atoms with E-state index in [-0.39, 0.29) is 10.8 Å². The minimum Gasteiger partial charge on any atom is -0.355 e. The maximum atomic E-state index is 11.0. The van der Waals surface area contributed by atoms with Gasteiger partial charge < -0.3 is 9.87 Å². The minimum atomic E-state index is -1.98. The van der Waals surface area contributed by atoms with Gasteiger partial charge in [-0.3, -0.25) is 4.79 Å². The highest BCUT2D eigenvalue weighted by molar-refractivity contribution is 7.79. The van der Waals surface area contributed by atoms with Crippen molar-refractivity contribution in [3.8, 4) is 0 Å². The molecule has 70 valence electrons. The highest BCUT2D eigenvalue weighted by atomic mass is 32.2. The molecule has 0 fully saturated rings. The lowest BCUT2D eigenvalue weighted by Gasteiger charge is -1.99. The Bertz CT molecular complexity index is 334. The molecule has 0 aliphatic rings. The Morgan fingerprint density at radius 3 is 2.31 bits per heavy atom. The smallest absolute Gasteiger partial charge is 0.251 e. The Labute approximate surface area is 78.3 Å². The van der Waals surface area contributed by atoms with Crippen LogP contribution in [-0.2, 0) is 11.1 Å². The Morgan fingerprint density at radius 1 is 1.38 bits per heavy atom. The first-order valence-electron chi connectivity index (χ1n) is 3.58. The van der Waals surface area contributed by atoms with Crippen LogP contribution in [0.15, 0.2) is 29.2 Å². The highest BCUT2D eigenvalue weighted by Gasteiger charge is 2.03. The second-order valence-electron chi connectivity index (χ2n) is 2.35. The fraction of sp³-hybridized carbons (Fsp3) is 0.125. The summed E-state index contributed by atoms with van der Waals surface area (Å²) in [6, 6.07) is 5.89. The number of carbonyl (C=O) groups is 1. The predicted octanol–water partition coefficient (Wildman–Crippen LogP) is 0.627. The summed E-state index contributed by atoms with van der Waals surface area (Å²) < 4.78 is 19.2. The molecular formula is C8H9NO3S. The largest absolute Gasteiger partial charge is 0.355 e. The third-order valence-electron chi connectivity index (χ3n) is 1.55. The topological polar surface area (TPSA) is 66.4 Å². The lowest BCUT2D eigenvalue weighted by atomic mass is 10.2. The first-order chi connectivity index (χ1) is 6.15. The lowest BCUT2D eigenvalue weighted by Crippen LogP contribution is -2.17. The molecule has 0 spiro atoms. The van der Waals surface area contributed by atoms with Crippen molar-refractivity contribution in [1.29, 1.82) is 0 Å². The van der Waals surface area contributed by atoms with Crippen molar-refractivity contribution in [3.05, 3.63) is 29.8 Å². The van der Waals surface area contributed by atoms with Gasteiger partial charge in [-0.1, -0.05) is 0 Å². The quantitative estimate of drug-likeness (QED) is 0.686. The van der Waals surface area contributed by atoms with Gasteiger partial charge >= 0.3 is 0 Å². The number of amides is 1. The van der Waals surface area contributed by atoms with Crippen LogP contribution in [0.3, 0.4) is 0 Å². The molecule has 0 aromatic heterocycles. The van der Waals surface area contributed by atoms with Crippen LogP contribution in [0, 0.1) is 0 Å². The van der Waals surface area contributed by atoms with Gasteiger partial charge in [-0.2, -0.15) is 0 Å². The maximum absolute atomic E-state index is 11.0. The zero-order valence-corrected chi connectivity index (χ0v) is 7.80. The van der Waals surface area contributed by atoms with Gasteiger partial charge in [-0.15, -0.1) is 0 Å². The van der Waals surface area contributed by atoms with Crippen LogP contribution in [0.2, 0.25) is 0 Å². The third kappa shape index (κ3) is 2.37. The van der Waals surface area contributed by atoms with Crippen molar-refractivity contribution in [2.75, 3.05) is 7.05 Å². The van der Waals surface area contributed by atoms with Gasteiger partial charge in [-0.25, -0.2) is 4.21 Å². The number of nitrogens with one attached hydrogen (secondary N) is 1. The summed E-state index contributed by atoms with van der Waals surface area (Å²) in [5.41, 5.74) is 0.469. The predicted molar refractivity (Wildman–Crippen MR) is 48.9 cm³/mol. The van der Waals surface area contributed by atoms with E-state index in [2.05, 4.69) is 5.32 Å². The SMILES string of the molecule is CNC(=O)c1ccc(S(=O)O)cc1. The van der Waals surface area contributed by atoms with Crippen LogP contribution in [0.1, 0.15) is 10.4 Å². The summed E-state index contributed by atoms with van der Waals surface area (Å²) in [6.45, 7) is 0. The van der Waals surface area contributed by atoms with Gasteiger partial charge in [0, 0.05) is 12.6 Å². The van der Waals surface area contributed by atoms with Crippen molar-refractivity contribution in [3.63, 3.8) is 0 Å². The van der Waals surface area contributed by atoms with E-state index >= 15 is 0 Å². The molecule has 0 saturated heterocycles. The molecule has 4 nitrogen and oxygen atoms in total. The summed E-state index contributed by atoms with van der Waals surface area (Å²) >= 11 is -1.98. The molecule has 1 amide bonds. The minimum absolute atomic E-state index is 0.213. The Kier molecular flexibility index (Phi) is 3.16. The molecule has 1 rings (SSSR count). The summed E-state index contributed by atoms with van der Waals surface area (Å²) in [5, 5.41) is 2.45. The lowest BCUT2D eigenvalue weighted by molar-refractivity contribution is 0.0963. The molecule has 2 N–H and O–H groups in total. The van der Waals surface area contributed by atoms with E-state index in [0.717, 1.165) is 0 Å². The molecule has 5 heteroatoms. The van der Waals surface area contributed by atoms with Crippen LogP contribution < -0.4 is 5.32 Å². The van der Waals surface area contributed by atoms with Crippen molar-refractivity contribution < 1.29 is 13.6 Å². The molecule has 0 bridgehead atoms. The molecule has 0 aliphatic heterocycles. The molecule has 0 saturated carbocycles. The number of rotatable bonds is 2. The molecule has 1 aromatic rings. The van der Waals surface area contributed by atoms with Crippen molar-refractivity contribution in [2.24, 2.45) is 0 Å². The van der Waals surface area contributed by atoms with Gasteiger partial charge in [0.05, 0.1) is 4.90 Å². The van der Waals surface area contributed by atoms with Gasteiger partial charge in [0.25, 0.3) is 5.91 Å². The van der Waals surface area contributed by atoms with Crippen molar-refractivity contribution in [1.82, 2.24) is 5.32 Å². The first-order valence-corrected chi connectivity index (χ1v) is 4.69. The standard InChI is InChI=1S/C8H9NO3S/c1-9-8(10)6-2-4-7(5-3-6)13(11)12/h2-5H,1H3,(H,9,10)(H,11,12). The van der Waals surface area contributed by atoms with E-state index in [1.54, 1.807) is 0 Å². The van der Waals surface area contributed by atoms with Crippen LogP contribution in [0.5, 0.6) is 0 Å². The number of benzene rings is 1. The fourth-order valence-electron chi connectivity index (χ4n) is 0.867. The highest BCUT2D eigenvalue weighted by Crippen LogP contribution is 2.06. The number of hydrogen-bond donors (Lipinski definition) is 2. The van der Waals surface area contributed by atoms with E-state index in [1.807, 2.05) is 0 Å². The van der Waals surface area contributed by atoms with Gasteiger partial charge in [0.15, 0.2) is 11.1 Å². The van der Waals surface area contributed by atoms with Gasteiger partial charge in [0.2, 0.25) is 0 Å². The molecule has 0 aliphatic carbocycles. The summed E-state index contributed by atoms with van der Waals surface area (Å²) in [6.07, 6.45) is 0. The molecule has 0 heterocycles. The molecule has 0 radical (unpaired) electrons. The monoisotopic (exact) mass is 199 g/mol. The number of carbonyl (C=O) groups excluding carboxylic acids is 1. The summed E-state index contributed by atoms with van der Waals surface area (Å²) in [5.74, 6) is -0.213. The van der Waals surface area contributed by atoms with Gasteiger partial charge in [0.1, 0.15) is 0 Å². The van der Waals surface area contributed by atoms with Crippen LogP contribution in [-0.4, -0.2) is 21.7 Å². The van der Waals surface area contributed by atoms with E-state index in [9.17, 15) is 9.00 Å². The number of hydrogen-bond acceptors (Lipinski definition) is 2.